The lowest BCUT2D eigenvalue weighted by molar-refractivity contribution is -0.141. The summed E-state index contributed by atoms with van der Waals surface area (Å²) in [5, 5.41) is 29.9. The van der Waals surface area contributed by atoms with Crippen molar-refractivity contribution in [2.45, 2.75) is 19.3 Å². The van der Waals surface area contributed by atoms with E-state index >= 15 is 0 Å². The van der Waals surface area contributed by atoms with E-state index in [0.29, 0.717) is 11.1 Å². The maximum Gasteiger partial charge on any atom is 0.307 e. The minimum atomic E-state index is -1.13. The van der Waals surface area contributed by atoms with Crippen LogP contribution in [0.15, 0.2) is 24.3 Å². The van der Waals surface area contributed by atoms with E-state index in [-0.39, 0.29) is 36.0 Å². The first-order chi connectivity index (χ1) is 11.9. The number of carbonyl (C=O) groups is 3. The van der Waals surface area contributed by atoms with Gasteiger partial charge < -0.3 is 15.3 Å². The van der Waals surface area contributed by atoms with Crippen LogP contribution < -0.4 is 0 Å². The molecule has 3 N–H and O–H groups in total. The van der Waals surface area contributed by atoms with Gasteiger partial charge in [0.05, 0.1) is 11.5 Å². The topological polar surface area (TPSA) is 112 Å². The Balaban J connectivity index is 1.99. The molecule has 0 bridgehead atoms. The van der Waals surface area contributed by atoms with E-state index in [1.54, 1.807) is 24.3 Å². The maximum atomic E-state index is 12.8. The minimum Gasteiger partial charge on any atom is -0.504 e. The smallest absolute Gasteiger partial charge is 0.307 e. The molecule has 1 unspecified atom stereocenters. The van der Waals surface area contributed by atoms with E-state index in [0.717, 1.165) is 5.56 Å². The number of aliphatic carboxylic acids is 1. The Hall–Kier alpha value is -3.15. The number of hydrogen-bond acceptors (Lipinski definition) is 5. The Morgan fingerprint density at radius 1 is 0.960 bits per heavy atom. The highest BCUT2D eigenvalue weighted by Gasteiger charge is 2.39. The summed E-state index contributed by atoms with van der Waals surface area (Å²) >= 11 is 0. The first-order valence-corrected chi connectivity index (χ1v) is 7.88. The van der Waals surface area contributed by atoms with Gasteiger partial charge in [-0.1, -0.05) is 24.3 Å². The van der Waals surface area contributed by atoms with Gasteiger partial charge in [0.2, 0.25) is 0 Å². The summed E-state index contributed by atoms with van der Waals surface area (Å²) < 4.78 is 0. The number of Topliss-reactive ketones (excluding diaryl/α,β-unsaturated/α-hetero) is 1. The molecule has 0 saturated heterocycles. The number of carboxylic acid groups (broad SMARTS) is 1. The Morgan fingerprint density at radius 2 is 1.68 bits per heavy atom. The fraction of sp³-hybridized carbons (Fsp3) is 0.211. The average Bonchev–Trinajstić information content (AvgIpc) is 2.59. The predicted octanol–water partition coefficient (Wildman–Crippen LogP) is 2.06. The quantitative estimate of drug-likeness (QED) is 0.586. The monoisotopic (exact) mass is 338 g/mol. The molecule has 6 heteroatoms. The first kappa shape index (κ1) is 15.4. The van der Waals surface area contributed by atoms with Gasteiger partial charge in [0.1, 0.15) is 0 Å². The van der Waals surface area contributed by atoms with Crippen molar-refractivity contribution in [1.29, 1.82) is 0 Å². The standard InChI is InChI=1S/C19H14O6/c20-13-7-9(19(24)25)6-12-14(13)11-5-8-3-1-2-4-10(8)16(21)15(11)18(23)17(12)22/h1-4,9,22-23H,5-7H2,(H,24,25). The Bertz CT molecular complexity index is 972. The van der Waals surface area contributed by atoms with Gasteiger partial charge in [0.15, 0.2) is 23.1 Å². The van der Waals surface area contributed by atoms with Crippen LogP contribution in [0.25, 0.3) is 0 Å². The van der Waals surface area contributed by atoms with Gasteiger partial charge in [-0.25, -0.2) is 0 Å². The highest BCUT2D eigenvalue weighted by atomic mass is 16.4. The molecule has 4 rings (SSSR count). The zero-order chi connectivity index (χ0) is 17.9. The predicted molar refractivity (Wildman–Crippen MR) is 86.2 cm³/mol. The molecule has 0 spiro atoms. The molecule has 0 heterocycles. The summed E-state index contributed by atoms with van der Waals surface area (Å²) in [6.45, 7) is 0. The summed E-state index contributed by atoms with van der Waals surface area (Å²) in [4.78, 5) is 36.6. The summed E-state index contributed by atoms with van der Waals surface area (Å²) in [6.07, 6.45) is 0.0324. The number of carbonyl (C=O) groups excluding carboxylic acids is 2. The van der Waals surface area contributed by atoms with Gasteiger partial charge in [-0.15, -0.1) is 0 Å². The molecule has 0 aliphatic heterocycles. The second kappa shape index (κ2) is 5.17. The summed E-state index contributed by atoms with van der Waals surface area (Å²) in [7, 11) is 0. The molecule has 0 saturated carbocycles. The highest BCUT2D eigenvalue weighted by molar-refractivity contribution is 6.17. The Kier molecular flexibility index (Phi) is 3.18. The first-order valence-electron chi connectivity index (χ1n) is 7.88. The number of carboxylic acids is 1. The fourth-order valence-electron chi connectivity index (χ4n) is 3.83. The van der Waals surface area contributed by atoms with Crippen LogP contribution in [-0.2, 0) is 17.6 Å². The molecular weight excluding hydrogens is 324 g/mol. The Labute approximate surface area is 142 Å². The fourth-order valence-corrected chi connectivity index (χ4v) is 3.83. The lowest BCUT2D eigenvalue weighted by Crippen LogP contribution is -2.29. The number of phenolic OH excluding ortho intramolecular Hbond substituents is 2. The lowest BCUT2D eigenvalue weighted by Gasteiger charge is -2.28. The Morgan fingerprint density at radius 3 is 2.40 bits per heavy atom. The number of phenols is 2. The van der Waals surface area contributed by atoms with Crippen LogP contribution in [0.1, 0.15) is 49.4 Å². The van der Waals surface area contributed by atoms with Crippen LogP contribution in [0.4, 0.5) is 0 Å². The summed E-state index contributed by atoms with van der Waals surface area (Å²) in [5.74, 6) is -4.09. The van der Waals surface area contributed by atoms with Crippen LogP contribution in [0, 0.1) is 5.92 Å². The number of rotatable bonds is 1. The second-order valence-corrected chi connectivity index (χ2v) is 6.43. The molecule has 0 amide bonds. The van der Waals surface area contributed by atoms with Crippen LogP contribution in [0.5, 0.6) is 11.5 Å². The molecule has 0 aromatic heterocycles. The molecule has 0 fully saturated rings. The van der Waals surface area contributed by atoms with E-state index in [4.69, 9.17) is 0 Å². The van der Waals surface area contributed by atoms with Crippen molar-refractivity contribution < 1.29 is 29.7 Å². The van der Waals surface area contributed by atoms with Crippen LogP contribution in [-0.4, -0.2) is 32.9 Å². The van der Waals surface area contributed by atoms with Crippen LogP contribution in [0.2, 0.25) is 0 Å². The van der Waals surface area contributed by atoms with Crippen LogP contribution >= 0.6 is 0 Å². The van der Waals surface area contributed by atoms with E-state index < -0.39 is 35.0 Å². The third-order valence-electron chi connectivity index (χ3n) is 5.02. The van der Waals surface area contributed by atoms with Gasteiger partial charge in [0.25, 0.3) is 0 Å². The van der Waals surface area contributed by atoms with Crippen LogP contribution in [0.3, 0.4) is 0 Å². The molecule has 2 aliphatic rings. The zero-order valence-electron chi connectivity index (χ0n) is 13.1. The number of fused-ring (bicyclic) bond motifs is 4. The van der Waals surface area contributed by atoms with Gasteiger partial charge in [-0.05, 0) is 24.0 Å². The van der Waals surface area contributed by atoms with Gasteiger partial charge in [-0.3, -0.25) is 14.4 Å². The van der Waals surface area contributed by atoms with Crippen molar-refractivity contribution in [3.63, 3.8) is 0 Å². The van der Waals surface area contributed by atoms with E-state index in [9.17, 15) is 29.7 Å². The molecule has 2 aliphatic carbocycles. The molecule has 2 aromatic rings. The van der Waals surface area contributed by atoms with Crippen molar-refractivity contribution in [2.24, 2.45) is 5.92 Å². The number of hydrogen-bond donors (Lipinski definition) is 3. The minimum absolute atomic E-state index is 0.0566. The summed E-state index contributed by atoms with van der Waals surface area (Å²) in [6, 6.07) is 6.91. The van der Waals surface area contributed by atoms with Crippen molar-refractivity contribution in [3.05, 3.63) is 57.6 Å². The van der Waals surface area contributed by atoms with Crippen molar-refractivity contribution >= 4 is 17.5 Å². The largest absolute Gasteiger partial charge is 0.504 e. The van der Waals surface area contributed by atoms with Crippen molar-refractivity contribution in [3.8, 4) is 11.5 Å². The third-order valence-corrected chi connectivity index (χ3v) is 5.02. The molecule has 6 nitrogen and oxygen atoms in total. The van der Waals surface area contributed by atoms with Gasteiger partial charge in [0, 0.05) is 23.1 Å². The SMILES string of the molecule is O=C1c2ccccc2Cc2c1c(O)c(O)c1c2C(=O)CC(C(=O)O)C1. The molecular formula is C19H14O6. The van der Waals surface area contributed by atoms with Crippen molar-refractivity contribution in [2.75, 3.05) is 0 Å². The zero-order valence-corrected chi connectivity index (χ0v) is 13.1. The highest BCUT2D eigenvalue weighted by Crippen LogP contribution is 2.46. The van der Waals surface area contributed by atoms with E-state index in [2.05, 4.69) is 0 Å². The molecule has 25 heavy (non-hydrogen) atoms. The normalized spacial score (nSPS) is 18.3. The number of benzene rings is 2. The average molecular weight is 338 g/mol. The lowest BCUT2D eigenvalue weighted by atomic mass is 9.74. The van der Waals surface area contributed by atoms with E-state index in [1.807, 2.05) is 0 Å². The summed E-state index contributed by atoms with van der Waals surface area (Å²) in [5.41, 5.74) is 1.79. The van der Waals surface area contributed by atoms with E-state index in [1.165, 1.54) is 0 Å². The molecule has 0 radical (unpaired) electrons. The van der Waals surface area contributed by atoms with Crippen molar-refractivity contribution in [1.82, 2.24) is 0 Å². The number of aromatic hydroxyl groups is 2. The second-order valence-electron chi connectivity index (χ2n) is 6.43. The van der Waals surface area contributed by atoms with Gasteiger partial charge in [-0.2, -0.15) is 0 Å². The molecule has 2 aromatic carbocycles. The molecule has 126 valence electrons. The number of ketones is 2. The van der Waals surface area contributed by atoms with Gasteiger partial charge >= 0.3 is 5.97 Å². The third kappa shape index (κ3) is 2.07. The maximum absolute atomic E-state index is 12.8. The molecule has 1 atom stereocenters.